The highest BCUT2D eigenvalue weighted by atomic mass is 16.8. The topological polar surface area (TPSA) is 269 Å². The summed E-state index contributed by atoms with van der Waals surface area (Å²) in [6, 6.07) is 0. The zero-order valence-electron chi connectivity index (χ0n) is 17.9. The van der Waals surface area contributed by atoms with Crippen LogP contribution < -0.4 is 0 Å². The first-order valence-corrected chi connectivity index (χ1v) is 10.5. The summed E-state index contributed by atoms with van der Waals surface area (Å²) >= 11 is 0. The summed E-state index contributed by atoms with van der Waals surface area (Å²) < 4.78 is 26.6. The van der Waals surface area contributed by atoms with Crippen LogP contribution in [0.3, 0.4) is 0 Å². The minimum absolute atomic E-state index is 0.744. The largest absolute Gasteiger partial charge is 0.394 e. The Morgan fingerprint density at radius 2 is 0.971 bits per heavy atom. The Morgan fingerprint density at radius 1 is 0.559 bits per heavy atom. The fourth-order valence-electron chi connectivity index (χ4n) is 4.17. The fourth-order valence-corrected chi connectivity index (χ4v) is 4.17. The van der Waals surface area contributed by atoms with E-state index < -0.39 is 112 Å². The minimum Gasteiger partial charge on any atom is -0.394 e. The van der Waals surface area contributed by atoms with Crippen molar-refractivity contribution >= 4 is 0 Å². The summed E-state index contributed by atoms with van der Waals surface area (Å²) in [5.41, 5.74) is 0. The van der Waals surface area contributed by atoms with Crippen molar-refractivity contribution in [2.75, 3.05) is 39.6 Å². The summed E-state index contributed by atoms with van der Waals surface area (Å²) in [6.07, 6.45) is -15.1. The first-order valence-electron chi connectivity index (χ1n) is 10.5. The molecule has 0 saturated carbocycles. The van der Waals surface area contributed by atoms with E-state index in [0.29, 0.717) is 0 Å². The lowest BCUT2D eigenvalue weighted by molar-refractivity contribution is -0.359. The van der Waals surface area contributed by atoms with Gasteiger partial charge >= 0.3 is 0 Å². The van der Waals surface area contributed by atoms with E-state index in [0.717, 1.165) is 0 Å². The maximum atomic E-state index is 10.6. The monoisotopic (exact) mass is 504 g/mol. The molecule has 0 aromatic carbocycles. The Balaban J connectivity index is 1.82. The molecule has 12 atom stereocenters. The molecule has 0 aromatic heterocycles. The van der Waals surface area contributed by atoms with Gasteiger partial charge in [-0.2, -0.15) is 0 Å². The molecule has 16 heteroatoms. The fraction of sp³-hybridized carbons (Fsp3) is 1.00. The summed E-state index contributed by atoms with van der Waals surface area (Å²) in [7, 11) is 0. The van der Waals surface area contributed by atoms with Crippen LogP contribution >= 0.6 is 0 Å². The Bertz CT molecular complexity index is 684. The highest BCUT2D eigenvalue weighted by molar-refractivity contribution is 5.02. The van der Waals surface area contributed by atoms with Crippen LogP contribution in [0.4, 0.5) is 0 Å². The van der Waals surface area contributed by atoms with Gasteiger partial charge in [-0.25, -0.2) is 0 Å². The Kier molecular flexibility index (Phi) is 8.53. The predicted molar refractivity (Wildman–Crippen MR) is 101 cm³/mol. The van der Waals surface area contributed by atoms with E-state index in [2.05, 4.69) is 0 Å². The molecule has 0 aliphatic carbocycles. The lowest BCUT2D eigenvalue weighted by Gasteiger charge is -2.38. The molecule has 0 spiro atoms. The molecule has 16 nitrogen and oxygen atoms in total. The molecule has 3 aliphatic heterocycles. The molecule has 3 aliphatic rings. The van der Waals surface area contributed by atoms with Crippen LogP contribution in [0.15, 0.2) is 0 Å². The molecule has 11 N–H and O–H groups in total. The van der Waals surface area contributed by atoms with Crippen molar-refractivity contribution in [2.45, 2.75) is 72.3 Å². The zero-order chi connectivity index (χ0) is 25.5. The molecule has 0 aromatic rings. The molecule has 0 amide bonds. The van der Waals surface area contributed by atoms with E-state index in [1.165, 1.54) is 0 Å². The van der Waals surface area contributed by atoms with Crippen LogP contribution in [0.2, 0.25) is 0 Å². The van der Waals surface area contributed by atoms with E-state index in [4.69, 9.17) is 23.7 Å². The molecule has 12 unspecified atom stereocenters. The van der Waals surface area contributed by atoms with Gasteiger partial charge in [-0.1, -0.05) is 0 Å². The van der Waals surface area contributed by atoms with E-state index >= 15 is 0 Å². The number of hydrogen-bond acceptors (Lipinski definition) is 16. The van der Waals surface area contributed by atoms with Gasteiger partial charge in [0.15, 0.2) is 0 Å². The molecule has 34 heavy (non-hydrogen) atoms. The summed E-state index contributed by atoms with van der Waals surface area (Å²) in [5.74, 6) is -7.37. The highest BCUT2D eigenvalue weighted by Gasteiger charge is 2.62. The number of hydrogen-bond donors (Lipinski definition) is 11. The molecule has 0 bridgehead atoms. The van der Waals surface area contributed by atoms with Gasteiger partial charge < -0.3 is 79.9 Å². The van der Waals surface area contributed by atoms with Crippen LogP contribution in [0.5, 0.6) is 0 Å². The second kappa shape index (κ2) is 10.4. The molecular weight excluding hydrogens is 472 g/mol. The van der Waals surface area contributed by atoms with Crippen LogP contribution in [0.1, 0.15) is 0 Å². The second-order valence-corrected chi connectivity index (χ2v) is 8.53. The standard InChI is InChI=1S/C18H32O16/c19-1-7-10(23)13(26)16(29,32-7)5-30-18(15(28)12(25)9(3-21)34-18)6-31-17(4-22)14(27)11(24)8(2-20)33-17/h7-15,19-29H,1-6H2. The number of rotatable bonds is 10. The maximum absolute atomic E-state index is 10.6. The average Bonchev–Trinajstić information content (AvgIpc) is 3.33. The maximum Gasteiger partial charge on any atom is 0.222 e. The number of aliphatic hydroxyl groups excluding tert-OH is 10. The zero-order valence-corrected chi connectivity index (χ0v) is 17.9. The third-order valence-corrected chi connectivity index (χ3v) is 6.34. The molecule has 200 valence electrons. The first-order chi connectivity index (χ1) is 15.9. The molecule has 3 heterocycles. The summed E-state index contributed by atoms with van der Waals surface area (Å²) in [6.45, 7) is -5.33. The quantitative estimate of drug-likeness (QED) is 0.132. The smallest absolute Gasteiger partial charge is 0.222 e. The van der Waals surface area contributed by atoms with Gasteiger partial charge in [0.2, 0.25) is 17.4 Å². The highest BCUT2D eigenvalue weighted by Crippen LogP contribution is 2.39. The van der Waals surface area contributed by atoms with E-state index in [9.17, 15) is 56.2 Å². The van der Waals surface area contributed by atoms with Crippen molar-refractivity contribution < 1.29 is 79.9 Å². The average molecular weight is 504 g/mol. The van der Waals surface area contributed by atoms with E-state index in [-0.39, 0.29) is 0 Å². The number of aliphatic hydroxyl groups is 11. The molecule has 3 rings (SSSR count). The molecule has 3 saturated heterocycles. The van der Waals surface area contributed by atoms with Gasteiger partial charge in [0.25, 0.3) is 0 Å². The lowest BCUT2D eigenvalue weighted by Crippen LogP contribution is -2.57. The van der Waals surface area contributed by atoms with Gasteiger partial charge in [0.1, 0.15) is 74.8 Å². The van der Waals surface area contributed by atoms with Crippen molar-refractivity contribution in [2.24, 2.45) is 0 Å². The molecule has 0 radical (unpaired) electrons. The second-order valence-electron chi connectivity index (χ2n) is 8.53. The Labute approximate surface area is 192 Å². The predicted octanol–water partition coefficient (Wildman–Crippen LogP) is -7.57. The van der Waals surface area contributed by atoms with Gasteiger partial charge in [-0.15, -0.1) is 0 Å². The third-order valence-electron chi connectivity index (χ3n) is 6.34. The van der Waals surface area contributed by atoms with E-state index in [1.807, 2.05) is 0 Å². The van der Waals surface area contributed by atoms with Crippen molar-refractivity contribution in [3.05, 3.63) is 0 Å². The normalized spacial score (nSPS) is 51.4. The summed E-state index contributed by atoms with van der Waals surface area (Å²) in [5, 5.41) is 109. The van der Waals surface area contributed by atoms with Crippen LogP contribution in [0, 0.1) is 0 Å². The van der Waals surface area contributed by atoms with Crippen molar-refractivity contribution in [1.82, 2.24) is 0 Å². The Hall–Kier alpha value is -0.640. The van der Waals surface area contributed by atoms with Crippen LogP contribution in [0.25, 0.3) is 0 Å². The molecular formula is C18H32O16. The molecule has 3 fully saturated rings. The summed E-state index contributed by atoms with van der Waals surface area (Å²) in [4.78, 5) is 0. The minimum atomic E-state index is -2.61. The van der Waals surface area contributed by atoms with Crippen molar-refractivity contribution in [3.8, 4) is 0 Å². The van der Waals surface area contributed by atoms with E-state index in [1.54, 1.807) is 0 Å². The van der Waals surface area contributed by atoms with Crippen molar-refractivity contribution in [1.29, 1.82) is 0 Å². The van der Waals surface area contributed by atoms with Crippen LogP contribution in [-0.2, 0) is 23.7 Å². The van der Waals surface area contributed by atoms with Crippen molar-refractivity contribution in [3.63, 3.8) is 0 Å². The van der Waals surface area contributed by atoms with Gasteiger partial charge in [-0.05, 0) is 0 Å². The van der Waals surface area contributed by atoms with Gasteiger partial charge in [0, 0.05) is 0 Å². The first kappa shape index (κ1) is 27.9. The third kappa shape index (κ3) is 4.59. The number of ether oxygens (including phenoxy) is 5. The lowest BCUT2D eigenvalue weighted by atomic mass is 10.0. The van der Waals surface area contributed by atoms with Gasteiger partial charge in [0.05, 0.1) is 19.8 Å². The van der Waals surface area contributed by atoms with Gasteiger partial charge in [-0.3, -0.25) is 0 Å². The SMILES string of the molecule is OCC1OC(O)(COC2(COC3(CO)OC(CO)C(O)C3O)OC(CO)C(O)C2O)C(O)C1O. The van der Waals surface area contributed by atoms with Crippen LogP contribution in [-0.4, -0.2) is 168 Å². The Morgan fingerprint density at radius 3 is 1.41 bits per heavy atom.